The highest BCUT2D eigenvalue weighted by molar-refractivity contribution is 7.14. The van der Waals surface area contributed by atoms with E-state index < -0.39 is 4.92 Å². The molecule has 5 aromatic rings. The molecule has 11 heteroatoms. The molecule has 4 aromatic heterocycles. The SMILES string of the molecule is Cc1nn(C)c2nc(-c3ccco3)cc(C(=O)Nc3nc(-c4cccc([N+](=O)[O-])c4)cs3)c12. The molecule has 0 fully saturated rings. The number of benzene rings is 1. The van der Waals surface area contributed by atoms with Gasteiger partial charge in [0.15, 0.2) is 16.5 Å². The molecule has 0 spiro atoms. The summed E-state index contributed by atoms with van der Waals surface area (Å²) in [6.45, 7) is 1.82. The number of anilines is 1. The molecule has 0 bridgehead atoms. The maximum absolute atomic E-state index is 13.3. The van der Waals surface area contributed by atoms with E-state index in [2.05, 4.69) is 20.4 Å². The van der Waals surface area contributed by atoms with Crippen molar-refractivity contribution in [2.75, 3.05) is 5.32 Å². The van der Waals surface area contributed by atoms with Crippen molar-refractivity contribution >= 4 is 39.1 Å². The lowest BCUT2D eigenvalue weighted by atomic mass is 10.1. The minimum Gasteiger partial charge on any atom is -0.463 e. The fourth-order valence-electron chi connectivity index (χ4n) is 3.58. The molecule has 1 amide bonds. The third kappa shape index (κ3) is 3.74. The number of fused-ring (bicyclic) bond motifs is 1. The van der Waals surface area contributed by atoms with Gasteiger partial charge in [-0.1, -0.05) is 12.1 Å². The number of amides is 1. The number of nitro groups is 1. The smallest absolute Gasteiger partial charge is 0.270 e. The Hall–Kier alpha value is -4.38. The maximum Gasteiger partial charge on any atom is 0.270 e. The zero-order valence-corrected chi connectivity index (χ0v) is 18.3. The number of aromatic nitrogens is 4. The van der Waals surface area contributed by atoms with Crippen LogP contribution in [-0.2, 0) is 7.05 Å². The number of hydrogen-bond acceptors (Lipinski definition) is 8. The van der Waals surface area contributed by atoms with Gasteiger partial charge >= 0.3 is 0 Å². The van der Waals surface area contributed by atoms with Crippen LogP contribution in [-0.4, -0.2) is 30.6 Å². The van der Waals surface area contributed by atoms with Gasteiger partial charge in [0.1, 0.15) is 5.69 Å². The van der Waals surface area contributed by atoms with E-state index in [4.69, 9.17) is 4.42 Å². The molecule has 0 radical (unpaired) electrons. The van der Waals surface area contributed by atoms with Gasteiger partial charge < -0.3 is 4.42 Å². The topological polar surface area (TPSA) is 129 Å². The number of nitrogens with one attached hydrogen (secondary N) is 1. The van der Waals surface area contributed by atoms with E-state index in [0.717, 1.165) is 0 Å². The summed E-state index contributed by atoms with van der Waals surface area (Å²) in [5.74, 6) is 0.165. The molecule has 4 heterocycles. The average Bonchev–Trinajstić information content (AvgIpc) is 3.55. The summed E-state index contributed by atoms with van der Waals surface area (Å²) in [4.78, 5) is 32.9. The van der Waals surface area contributed by atoms with Crippen LogP contribution in [0, 0.1) is 17.0 Å². The van der Waals surface area contributed by atoms with Crippen LogP contribution in [0.15, 0.2) is 58.5 Å². The summed E-state index contributed by atoms with van der Waals surface area (Å²) in [6, 6.07) is 11.4. The van der Waals surface area contributed by atoms with Crippen LogP contribution in [0.4, 0.5) is 10.8 Å². The summed E-state index contributed by atoms with van der Waals surface area (Å²) in [7, 11) is 1.77. The lowest BCUT2D eigenvalue weighted by molar-refractivity contribution is -0.384. The molecule has 0 saturated carbocycles. The van der Waals surface area contributed by atoms with Gasteiger partial charge in [-0.25, -0.2) is 9.97 Å². The van der Waals surface area contributed by atoms with Crippen LogP contribution in [0.3, 0.4) is 0 Å². The Morgan fingerprint density at radius 1 is 1.18 bits per heavy atom. The van der Waals surface area contributed by atoms with E-state index in [1.807, 2.05) is 6.92 Å². The Morgan fingerprint density at radius 2 is 2.03 bits per heavy atom. The molecule has 0 atom stereocenters. The molecule has 0 aliphatic carbocycles. The number of carbonyl (C=O) groups is 1. The molecule has 1 aromatic carbocycles. The van der Waals surface area contributed by atoms with Gasteiger partial charge in [-0.05, 0) is 25.1 Å². The molecular weight excluding hydrogens is 444 g/mol. The van der Waals surface area contributed by atoms with Crippen molar-refractivity contribution in [2.45, 2.75) is 6.92 Å². The quantitative estimate of drug-likeness (QED) is 0.294. The van der Waals surface area contributed by atoms with E-state index in [9.17, 15) is 14.9 Å². The largest absolute Gasteiger partial charge is 0.463 e. The Morgan fingerprint density at radius 3 is 2.79 bits per heavy atom. The standard InChI is InChI=1S/C22H16N6O4S/c1-12-19-15(10-16(18-7-4-8-32-18)23-20(19)27(2)26-12)21(29)25-22-24-17(11-33-22)13-5-3-6-14(9-13)28(30)31/h3-11H,1-2H3,(H,24,25,29). The first-order valence-electron chi connectivity index (χ1n) is 9.80. The van der Waals surface area contributed by atoms with Gasteiger partial charge in [0.25, 0.3) is 11.6 Å². The first-order chi connectivity index (χ1) is 15.9. The highest BCUT2D eigenvalue weighted by atomic mass is 32.1. The number of carbonyl (C=O) groups excluding carboxylic acids is 1. The van der Waals surface area contributed by atoms with Gasteiger partial charge in [-0.3, -0.25) is 24.9 Å². The Kier molecular flexibility index (Phi) is 4.94. The third-order valence-corrected chi connectivity index (χ3v) is 5.82. The minimum atomic E-state index is -0.458. The van der Waals surface area contributed by atoms with Crippen LogP contribution in [0.1, 0.15) is 16.1 Å². The molecule has 33 heavy (non-hydrogen) atoms. The molecule has 0 unspecified atom stereocenters. The van der Waals surface area contributed by atoms with Crippen molar-refractivity contribution in [3.8, 4) is 22.7 Å². The normalized spacial score (nSPS) is 11.1. The Labute approximate surface area is 190 Å². The summed E-state index contributed by atoms with van der Waals surface area (Å²) < 4.78 is 7.09. The van der Waals surface area contributed by atoms with Crippen LogP contribution in [0.25, 0.3) is 33.7 Å². The van der Waals surface area contributed by atoms with Crippen molar-refractivity contribution in [1.82, 2.24) is 19.7 Å². The Bertz CT molecular complexity index is 1520. The fourth-order valence-corrected chi connectivity index (χ4v) is 4.30. The van der Waals surface area contributed by atoms with Gasteiger partial charge in [-0.15, -0.1) is 11.3 Å². The van der Waals surface area contributed by atoms with Gasteiger partial charge in [-0.2, -0.15) is 5.10 Å². The zero-order chi connectivity index (χ0) is 23.1. The van der Waals surface area contributed by atoms with E-state index in [0.29, 0.717) is 50.1 Å². The first-order valence-corrected chi connectivity index (χ1v) is 10.7. The van der Waals surface area contributed by atoms with Gasteiger partial charge in [0.05, 0.1) is 33.5 Å². The highest BCUT2D eigenvalue weighted by Crippen LogP contribution is 2.30. The van der Waals surface area contributed by atoms with Crippen LogP contribution in [0.2, 0.25) is 0 Å². The van der Waals surface area contributed by atoms with Crippen LogP contribution in [0.5, 0.6) is 0 Å². The van der Waals surface area contributed by atoms with Crippen molar-refractivity contribution in [1.29, 1.82) is 0 Å². The lowest BCUT2D eigenvalue weighted by Gasteiger charge is -2.07. The van der Waals surface area contributed by atoms with Crippen molar-refractivity contribution in [3.63, 3.8) is 0 Å². The second-order valence-electron chi connectivity index (χ2n) is 7.24. The number of non-ortho nitro benzene ring substituents is 1. The minimum absolute atomic E-state index is 0.0252. The molecule has 10 nitrogen and oxygen atoms in total. The number of thiazole rings is 1. The first kappa shape index (κ1) is 20.5. The van der Waals surface area contributed by atoms with E-state index in [1.54, 1.807) is 53.7 Å². The third-order valence-electron chi connectivity index (χ3n) is 5.06. The van der Waals surface area contributed by atoms with Crippen molar-refractivity contribution < 1.29 is 14.1 Å². The highest BCUT2D eigenvalue weighted by Gasteiger charge is 2.21. The molecule has 1 N–H and O–H groups in total. The van der Waals surface area contributed by atoms with Gasteiger partial charge in [0, 0.05) is 30.1 Å². The lowest BCUT2D eigenvalue weighted by Crippen LogP contribution is -2.13. The van der Waals surface area contributed by atoms with E-state index in [1.165, 1.54) is 23.5 Å². The molecule has 164 valence electrons. The number of pyridine rings is 1. The summed E-state index contributed by atoms with van der Waals surface area (Å²) in [5, 5.41) is 21.0. The average molecular weight is 460 g/mol. The maximum atomic E-state index is 13.3. The predicted octanol–water partition coefficient (Wildman–Crippen LogP) is 4.82. The van der Waals surface area contributed by atoms with Crippen LogP contribution >= 0.6 is 11.3 Å². The molecule has 5 rings (SSSR count). The summed E-state index contributed by atoms with van der Waals surface area (Å²) >= 11 is 1.23. The summed E-state index contributed by atoms with van der Waals surface area (Å²) in [5.41, 5.74) is 3.24. The number of aryl methyl sites for hydroxylation is 2. The van der Waals surface area contributed by atoms with Gasteiger partial charge in [0.2, 0.25) is 0 Å². The molecule has 0 saturated heterocycles. The second-order valence-corrected chi connectivity index (χ2v) is 8.10. The van der Waals surface area contributed by atoms with Crippen molar-refractivity contribution in [2.24, 2.45) is 7.05 Å². The molecule has 0 aliphatic heterocycles. The number of furan rings is 1. The molecular formula is C22H16N6O4S. The number of rotatable bonds is 5. The molecule has 0 aliphatic rings. The second kappa shape index (κ2) is 7.95. The monoisotopic (exact) mass is 460 g/mol. The number of nitrogens with zero attached hydrogens (tertiary/aromatic N) is 5. The summed E-state index contributed by atoms with van der Waals surface area (Å²) in [6.07, 6.45) is 1.54. The predicted molar refractivity (Wildman–Crippen MR) is 123 cm³/mol. The number of hydrogen-bond donors (Lipinski definition) is 1. The van der Waals surface area contributed by atoms with Crippen molar-refractivity contribution in [3.05, 3.63) is 75.5 Å². The number of nitro benzene ring substituents is 1. The Balaban J connectivity index is 1.50. The van der Waals surface area contributed by atoms with Crippen LogP contribution < -0.4 is 5.32 Å². The van der Waals surface area contributed by atoms with E-state index >= 15 is 0 Å². The fraction of sp³-hybridized carbons (Fsp3) is 0.0909. The zero-order valence-electron chi connectivity index (χ0n) is 17.5. The van der Waals surface area contributed by atoms with E-state index in [-0.39, 0.29) is 11.6 Å².